The summed E-state index contributed by atoms with van der Waals surface area (Å²) in [6.07, 6.45) is 1.38. The van der Waals surface area contributed by atoms with Gasteiger partial charge in [-0.05, 0) is 27.2 Å². The third-order valence-electron chi connectivity index (χ3n) is 3.62. The first-order chi connectivity index (χ1) is 12.4. The molecule has 1 unspecified atom stereocenters. The Labute approximate surface area is 154 Å². The molecule has 26 heavy (non-hydrogen) atoms. The highest BCUT2D eigenvalue weighted by Crippen LogP contribution is 2.17. The zero-order valence-electron chi connectivity index (χ0n) is 15.5. The zero-order chi connectivity index (χ0) is 19.0. The predicted molar refractivity (Wildman–Crippen MR) is 103 cm³/mol. The average molecular weight is 351 g/mol. The van der Waals surface area contributed by atoms with Crippen LogP contribution in [-0.4, -0.2) is 29.6 Å². The fraction of sp³-hybridized carbons (Fsp3) is 0.318. The number of hydrogen-bond donors (Lipinski definition) is 0. The van der Waals surface area contributed by atoms with Crippen LogP contribution in [0.4, 0.5) is 0 Å². The van der Waals surface area contributed by atoms with Crippen LogP contribution in [0.5, 0.6) is 0 Å². The van der Waals surface area contributed by atoms with E-state index in [1.165, 1.54) is 0 Å². The molecule has 0 spiro atoms. The lowest BCUT2D eigenvalue weighted by molar-refractivity contribution is -0.156. The molecule has 2 aromatic carbocycles. The summed E-state index contributed by atoms with van der Waals surface area (Å²) < 4.78 is 5.51. The van der Waals surface area contributed by atoms with Crippen LogP contribution in [0.15, 0.2) is 65.7 Å². The molecular weight excluding hydrogens is 326 g/mol. The molecule has 0 saturated heterocycles. The normalized spacial score (nSPS) is 12.1. The van der Waals surface area contributed by atoms with Gasteiger partial charge in [-0.15, -0.1) is 0 Å². The Morgan fingerprint density at radius 3 is 1.92 bits per heavy atom. The number of nitrogens with zero attached hydrogens (tertiary/aromatic N) is 1. The highest BCUT2D eigenvalue weighted by atomic mass is 16.6. The monoisotopic (exact) mass is 351 g/mol. The van der Waals surface area contributed by atoms with E-state index >= 15 is 0 Å². The van der Waals surface area contributed by atoms with E-state index in [9.17, 15) is 9.59 Å². The second-order valence-corrected chi connectivity index (χ2v) is 7.00. The summed E-state index contributed by atoms with van der Waals surface area (Å²) in [4.78, 5) is 28.2. The van der Waals surface area contributed by atoms with Crippen molar-refractivity contribution >= 4 is 18.0 Å². The Bertz CT molecular complexity index is 704. The van der Waals surface area contributed by atoms with Crippen molar-refractivity contribution in [3.05, 3.63) is 71.8 Å². The van der Waals surface area contributed by atoms with Crippen LogP contribution in [0.2, 0.25) is 0 Å². The molecule has 0 aliphatic rings. The van der Waals surface area contributed by atoms with E-state index in [4.69, 9.17) is 9.73 Å². The highest BCUT2D eigenvalue weighted by molar-refractivity contribution is 6.13. The largest absolute Gasteiger partial charge is 0.458 e. The highest BCUT2D eigenvalue weighted by Gasteiger charge is 2.25. The number of ether oxygens (including phenoxy) is 1. The van der Waals surface area contributed by atoms with Crippen LogP contribution in [0.1, 0.15) is 44.7 Å². The van der Waals surface area contributed by atoms with Gasteiger partial charge >= 0.3 is 5.97 Å². The number of aldehydes is 1. The molecule has 0 N–H and O–H groups in total. The van der Waals surface area contributed by atoms with Gasteiger partial charge in [0.05, 0.1) is 5.71 Å². The van der Waals surface area contributed by atoms with Crippen LogP contribution in [0.25, 0.3) is 0 Å². The quantitative estimate of drug-likeness (QED) is 0.426. The molecule has 4 heteroatoms. The van der Waals surface area contributed by atoms with E-state index in [-0.39, 0.29) is 6.42 Å². The van der Waals surface area contributed by atoms with Crippen LogP contribution in [-0.2, 0) is 14.3 Å². The van der Waals surface area contributed by atoms with Crippen molar-refractivity contribution in [1.82, 2.24) is 0 Å². The van der Waals surface area contributed by atoms with Gasteiger partial charge in [-0.1, -0.05) is 60.7 Å². The van der Waals surface area contributed by atoms with Gasteiger partial charge in [0.1, 0.15) is 17.9 Å². The first kappa shape index (κ1) is 19.6. The maximum atomic E-state index is 12.6. The summed E-state index contributed by atoms with van der Waals surface area (Å²) in [6, 6.07) is 18.7. The van der Waals surface area contributed by atoms with Crippen molar-refractivity contribution in [3.63, 3.8) is 0 Å². The topological polar surface area (TPSA) is 55.7 Å². The summed E-state index contributed by atoms with van der Waals surface area (Å²) in [5, 5.41) is 0. The molecule has 0 aromatic heterocycles. The number of carbonyl (C=O) groups excluding carboxylic acids is 2. The summed E-state index contributed by atoms with van der Waals surface area (Å²) in [5.41, 5.74) is 1.94. The summed E-state index contributed by atoms with van der Waals surface area (Å²) in [6.45, 7) is 5.46. The molecule has 2 aromatic rings. The van der Waals surface area contributed by atoms with Crippen molar-refractivity contribution in [3.8, 4) is 0 Å². The Morgan fingerprint density at radius 1 is 1.00 bits per heavy atom. The molecule has 4 nitrogen and oxygen atoms in total. The van der Waals surface area contributed by atoms with Gasteiger partial charge in [0, 0.05) is 17.5 Å². The molecule has 2 rings (SSSR count). The number of rotatable bonds is 7. The molecule has 0 heterocycles. The van der Waals surface area contributed by atoms with Gasteiger partial charge in [-0.3, -0.25) is 4.99 Å². The third-order valence-corrected chi connectivity index (χ3v) is 3.62. The van der Waals surface area contributed by atoms with E-state index < -0.39 is 17.6 Å². The Balaban J connectivity index is 2.45. The van der Waals surface area contributed by atoms with E-state index in [2.05, 4.69) is 0 Å². The second-order valence-electron chi connectivity index (χ2n) is 7.00. The van der Waals surface area contributed by atoms with Crippen molar-refractivity contribution in [2.75, 3.05) is 0 Å². The molecule has 136 valence electrons. The van der Waals surface area contributed by atoms with Gasteiger partial charge in [-0.25, -0.2) is 4.79 Å². The number of esters is 1. The first-order valence-corrected chi connectivity index (χ1v) is 8.76. The maximum Gasteiger partial charge on any atom is 0.331 e. The lowest BCUT2D eigenvalue weighted by Crippen LogP contribution is -2.32. The molecule has 0 saturated carbocycles. The Hall–Kier alpha value is -2.75. The van der Waals surface area contributed by atoms with E-state index in [1.54, 1.807) is 0 Å². The van der Waals surface area contributed by atoms with Gasteiger partial charge in [-0.2, -0.15) is 0 Å². The minimum absolute atomic E-state index is 0.254. The number of benzene rings is 2. The second kappa shape index (κ2) is 9.09. The number of aliphatic imine (C=N–C) groups is 1. The molecule has 0 aliphatic carbocycles. The first-order valence-electron chi connectivity index (χ1n) is 8.76. The minimum Gasteiger partial charge on any atom is -0.458 e. The molecule has 0 bridgehead atoms. The molecule has 0 amide bonds. The summed E-state index contributed by atoms with van der Waals surface area (Å²) in [5.74, 6) is -0.413. The lowest BCUT2D eigenvalue weighted by atomic mass is 10.0. The van der Waals surface area contributed by atoms with E-state index in [0.717, 1.165) is 17.4 Å². The molecular formula is C22H25NO3. The van der Waals surface area contributed by atoms with Crippen molar-refractivity contribution < 1.29 is 14.3 Å². The maximum absolute atomic E-state index is 12.6. The standard InChI is InChI=1S/C22H25NO3/c1-22(2,3)26-21(25)19(15-10-16-24)23-20(17-11-6-4-7-12-17)18-13-8-5-9-14-18/h4-9,11-14,16,19H,10,15H2,1-3H3. The summed E-state index contributed by atoms with van der Waals surface area (Å²) in [7, 11) is 0. The van der Waals surface area contributed by atoms with E-state index in [1.807, 2.05) is 81.4 Å². The number of carbonyl (C=O) groups is 2. The van der Waals surface area contributed by atoms with Crippen LogP contribution in [0.3, 0.4) is 0 Å². The molecule has 0 aliphatic heterocycles. The fourth-order valence-electron chi connectivity index (χ4n) is 2.49. The Morgan fingerprint density at radius 2 is 1.50 bits per heavy atom. The van der Waals surface area contributed by atoms with Crippen molar-refractivity contribution in [2.45, 2.75) is 45.3 Å². The van der Waals surface area contributed by atoms with Gasteiger partial charge in [0.15, 0.2) is 0 Å². The van der Waals surface area contributed by atoms with Crippen molar-refractivity contribution in [2.24, 2.45) is 4.99 Å². The number of hydrogen-bond acceptors (Lipinski definition) is 4. The van der Waals surface area contributed by atoms with Crippen LogP contribution >= 0.6 is 0 Å². The fourth-order valence-corrected chi connectivity index (χ4v) is 2.49. The summed E-state index contributed by atoms with van der Waals surface area (Å²) >= 11 is 0. The van der Waals surface area contributed by atoms with Crippen molar-refractivity contribution in [1.29, 1.82) is 0 Å². The molecule has 0 fully saturated rings. The van der Waals surface area contributed by atoms with Crippen LogP contribution in [0, 0.1) is 0 Å². The lowest BCUT2D eigenvalue weighted by Gasteiger charge is -2.22. The average Bonchev–Trinajstić information content (AvgIpc) is 2.62. The van der Waals surface area contributed by atoms with Crippen LogP contribution < -0.4 is 0 Å². The SMILES string of the molecule is CC(C)(C)OC(=O)C(CCC=O)N=C(c1ccccc1)c1ccccc1. The van der Waals surface area contributed by atoms with Gasteiger partial charge < -0.3 is 9.53 Å². The van der Waals surface area contributed by atoms with E-state index in [0.29, 0.717) is 12.1 Å². The van der Waals surface area contributed by atoms with Gasteiger partial charge in [0.2, 0.25) is 0 Å². The smallest absolute Gasteiger partial charge is 0.331 e. The molecule has 0 radical (unpaired) electrons. The zero-order valence-corrected chi connectivity index (χ0v) is 15.5. The van der Waals surface area contributed by atoms with Gasteiger partial charge in [0.25, 0.3) is 0 Å². The third kappa shape index (κ3) is 5.96. The predicted octanol–water partition coefficient (Wildman–Crippen LogP) is 4.21. The Kier molecular flexibility index (Phi) is 6.84. The minimum atomic E-state index is -0.727. The molecule has 1 atom stereocenters.